The predicted octanol–water partition coefficient (Wildman–Crippen LogP) is 2.39. The Bertz CT molecular complexity index is 353. The highest BCUT2D eigenvalue weighted by Gasteiger charge is 2.11. The van der Waals surface area contributed by atoms with Crippen LogP contribution in [0.15, 0.2) is 4.47 Å². The molecule has 0 saturated heterocycles. The normalized spacial score (nSPS) is 12.5. The third-order valence-corrected chi connectivity index (χ3v) is 3.15. The Labute approximate surface area is 90.4 Å². The van der Waals surface area contributed by atoms with Crippen molar-refractivity contribution in [3.63, 3.8) is 0 Å². The molecule has 3 nitrogen and oxygen atoms in total. The van der Waals surface area contributed by atoms with E-state index >= 15 is 0 Å². The van der Waals surface area contributed by atoms with Gasteiger partial charge in [0.1, 0.15) is 5.38 Å². The Morgan fingerprint density at radius 1 is 1.69 bits per heavy atom. The maximum atomic E-state index is 8.53. The number of aryl methyl sites for hydroxylation is 1. The van der Waals surface area contributed by atoms with Crippen LogP contribution in [0.3, 0.4) is 0 Å². The zero-order valence-corrected chi connectivity index (χ0v) is 9.72. The fraction of sp³-hybridized carbons (Fsp3) is 0.500. The van der Waals surface area contributed by atoms with Crippen molar-refractivity contribution in [2.75, 3.05) is 0 Å². The molecule has 0 aromatic carbocycles. The van der Waals surface area contributed by atoms with E-state index in [0.29, 0.717) is 6.54 Å². The fourth-order valence-electron chi connectivity index (χ4n) is 1.05. The summed E-state index contributed by atoms with van der Waals surface area (Å²) in [5.74, 6) is 0. The van der Waals surface area contributed by atoms with Crippen molar-refractivity contribution in [3.05, 3.63) is 15.9 Å². The van der Waals surface area contributed by atoms with E-state index in [1.807, 2.05) is 19.9 Å². The Kier molecular flexibility index (Phi) is 3.34. The summed E-state index contributed by atoms with van der Waals surface area (Å²) in [6.07, 6.45) is 0. The summed E-state index contributed by atoms with van der Waals surface area (Å²) >= 11 is 9.10. The minimum atomic E-state index is -0.523. The van der Waals surface area contributed by atoms with Crippen molar-refractivity contribution in [1.82, 2.24) is 9.78 Å². The van der Waals surface area contributed by atoms with Gasteiger partial charge < -0.3 is 0 Å². The van der Waals surface area contributed by atoms with Gasteiger partial charge in [-0.3, -0.25) is 4.68 Å². The highest BCUT2D eigenvalue weighted by atomic mass is 79.9. The number of alkyl halides is 1. The fourth-order valence-corrected chi connectivity index (χ4v) is 1.46. The standard InChI is InChI=1S/C8H9BrClN3/c1-5-8(9)6(2)13(12-5)4-7(10)3-11/h7H,4H2,1-2H3. The molecule has 0 radical (unpaired) electrons. The van der Waals surface area contributed by atoms with Gasteiger partial charge in [0.2, 0.25) is 0 Å². The molecule has 5 heteroatoms. The highest BCUT2D eigenvalue weighted by Crippen LogP contribution is 2.20. The molecule has 1 aromatic heterocycles. The summed E-state index contributed by atoms with van der Waals surface area (Å²) < 4.78 is 2.72. The topological polar surface area (TPSA) is 41.6 Å². The average molecular weight is 263 g/mol. The van der Waals surface area contributed by atoms with E-state index < -0.39 is 5.38 Å². The van der Waals surface area contributed by atoms with Crippen molar-refractivity contribution in [1.29, 1.82) is 5.26 Å². The first kappa shape index (κ1) is 10.6. The highest BCUT2D eigenvalue weighted by molar-refractivity contribution is 9.10. The van der Waals surface area contributed by atoms with Gasteiger partial charge in [0.05, 0.1) is 22.8 Å². The molecule has 0 aliphatic rings. The predicted molar refractivity (Wildman–Crippen MR) is 54.7 cm³/mol. The number of hydrogen-bond donors (Lipinski definition) is 0. The first-order valence-electron chi connectivity index (χ1n) is 3.79. The van der Waals surface area contributed by atoms with Crippen LogP contribution in [-0.2, 0) is 6.54 Å². The Morgan fingerprint density at radius 3 is 2.69 bits per heavy atom. The largest absolute Gasteiger partial charge is 0.266 e. The van der Waals surface area contributed by atoms with Crippen molar-refractivity contribution >= 4 is 27.5 Å². The zero-order chi connectivity index (χ0) is 10.0. The Hall–Kier alpha value is -0.530. The number of halogens is 2. The monoisotopic (exact) mass is 261 g/mol. The summed E-state index contributed by atoms with van der Waals surface area (Å²) in [7, 11) is 0. The first-order valence-corrected chi connectivity index (χ1v) is 5.02. The third kappa shape index (κ3) is 2.23. The average Bonchev–Trinajstić information content (AvgIpc) is 2.34. The van der Waals surface area contributed by atoms with Crippen LogP contribution < -0.4 is 0 Å². The van der Waals surface area contributed by atoms with E-state index in [2.05, 4.69) is 21.0 Å². The summed E-state index contributed by atoms with van der Waals surface area (Å²) in [6.45, 7) is 4.27. The van der Waals surface area contributed by atoms with E-state index in [4.69, 9.17) is 16.9 Å². The smallest absolute Gasteiger partial charge is 0.140 e. The lowest BCUT2D eigenvalue weighted by Gasteiger charge is -2.03. The second-order valence-corrected chi connectivity index (χ2v) is 4.08. The lowest BCUT2D eigenvalue weighted by Crippen LogP contribution is -2.11. The maximum absolute atomic E-state index is 8.53. The molecule has 0 aliphatic heterocycles. The van der Waals surface area contributed by atoms with Gasteiger partial charge in [0, 0.05) is 5.69 Å². The molecule has 0 bridgehead atoms. The maximum Gasteiger partial charge on any atom is 0.140 e. The van der Waals surface area contributed by atoms with Crippen molar-refractivity contribution in [3.8, 4) is 6.07 Å². The van der Waals surface area contributed by atoms with Crippen LogP contribution in [0.1, 0.15) is 11.4 Å². The van der Waals surface area contributed by atoms with Crippen LogP contribution in [0.5, 0.6) is 0 Å². The molecule has 13 heavy (non-hydrogen) atoms. The summed E-state index contributed by atoms with van der Waals surface area (Å²) in [5.41, 5.74) is 1.91. The van der Waals surface area contributed by atoms with Gasteiger partial charge in [-0.15, -0.1) is 11.6 Å². The quantitative estimate of drug-likeness (QED) is 0.768. The molecule has 1 atom stereocenters. The molecule has 1 rings (SSSR count). The van der Waals surface area contributed by atoms with Crippen molar-refractivity contribution in [2.24, 2.45) is 0 Å². The van der Waals surface area contributed by atoms with Crippen LogP contribution in [-0.4, -0.2) is 15.2 Å². The van der Waals surface area contributed by atoms with Gasteiger partial charge in [0.25, 0.3) is 0 Å². The molecule has 0 saturated carbocycles. The minimum absolute atomic E-state index is 0.427. The van der Waals surface area contributed by atoms with Gasteiger partial charge >= 0.3 is 0 Å². The van der Waals surface area contributed by atoms with Crippen LogP contribution in [0.25, 0.3) is 0 Å². The van der Waals surface area contributed by atoms with E-state index in [-0.39, 0.29) is 0 Å². The minimum Gasteiger partial charge on any atom is -0.266 e. The molecule has 0 fully saturated rings. The van der Waals surface area contributed by atoms with Crippen molar-refractivity contribution in [2.45, 2.75) is 25.8 Å². The van der Waals surface area contributed by atoms with E-state index in [0.717, 1.165) is 15.9 Å². The second-order valence-electron chi connectivity index (χ2n) is 2.76. The van der Waals surface area contributed by atoms with Gasteiger partial charge in [-0.2, -0.15) is 10.4 Å². The molecular formula is C8H9BrClN3. The molecule has 1 unspecified atom stereocenters. The van der Waals surface area contributed by atoms with Crippen LogP contribution >= 0.6 is 27.5 Å². The lowest BCUT2D eigenvalue weighted by atomic mass is 10.4. The van der Waals surface area contributed by atoms with Crippen LogP contribution in [0.2, 0.25) is 0 Å². The van der Waals surface area contributed by atoms with E-state index in [9.17, 15) is 0 Å². The van der Waals surface area contributed by atoms with E-state index in [1.165, 1.54) is 0 Å². The first-order chi connectivity index (χ1) is 6.06. The molecule has 1 aromatic rings. The number of aromatic nitrogens is 2. The van der Waals surface area contributed by atoms with Gasteiger partial charge in [-0.05, 0) is 29.8 Å². The molecule has 0 spiro atoms. The van der Waals surface area contributed by atoms with Crippen LogP contribution in [0.4, 0.5) is 0 Å². The number of rotatable bonds is 2. The van der Waals surface area contributed by atoms with Gasteiger partial charge in [-0.25, -0.2) is 0 Å². The summed E-state index contributed by atoms with van der Waals surface area (Å²) in [4.78, 5) is 0. The summed E-state index contributed by atoms with van der Waals surface area (Å²) in [5, 5.41) is 12.2. The van der Waals surface area contributed by atoms with E-state index in [1.54, 1.807) is 4.68 Å². The number of hydrogen-bond acceptors (Lipinski definition) is 2. The molecular weight excluding hydrogens is 253 g/mol. The van der Waals surface area contributed by atoms with Crippen LogP contribution in [0, 0.1) is 25.2 Å². The SMILES string of the molecule is Cc1nn(CC(Cl)C#N)c(C)c1Br. The van der Waals surface area contributed by atoms with Gasteiger partial charge in [0.15, 0.2) is 0 Å². The third-order valence-electron chi connectivity index (χ3n) is 1.77. The number of nitrogens with zero attached hydrogens (tertiary/aromatic N) is 3. The molecule has 0 N–H and O–H groups in total. The molecule has 1 heterocycles. The Balaban J connectivity index is 2.91. The molecule has 70 valence electrons. The molecule has 0 amide bonds. The second kappa shape index (κ2) is 4.12. The lowest BCUT2D eigenvalue weighted by molar-refractivity contribution is 0.609. The summed E-state index contributed by atoms with van der Waals surface area (Å²) in [6, 6.07) is 1.96. The Morgan fingerprint density at radius 2 is 2.31 bits per heavy atom. The van der Waals surface area contributed by atoms with Crippen molar-refractivity contribution < 1.29 is 0 Å². The van der Waals surface area contributed by atoms with Gasteiger partial charge in [-0.1, -0.05) is 0 Å². The zero-order valence-electron chi connectivity index (χ0n) is 7.38. The number of nitriles is 1. The molecule has 0 aliphatic carbocycles.